The van der Waals surface area contributed by atoms with Gasteiger partial charge in [-0.2, -0.15) is 0 Å². The highest BCUT2D eigenvalue weighted by molar-refractivity contribution is 8.07. The first-order valence-electron chi connectivity index (χ1n) is 3.88. The summed E-state index contributed by atoms with van der Waals surface area (Å²) in [5, 5.41) is 3.53. The molecule has 0 aliphatic heterocycles. The second-order valence-corrected chi connectivity index (χ2v) is 4.94. The Hall–Kier alpha value is 0. The molecule has 0 aromatic rings. The topological polar surface area (TPSA) is 60.3 Å². The maximum absolute atomic E-state index is 9.19. The number of oxime groups is 1. The summed E-state index contributed by atoms with van der Waals surface area (Å²) >= 11 is 4.56. The fraction of sp³-hybridized carbons (Fsp3) is 0.833. The molecule has 1 atom stereocenters. The maximum Gasteiger partial charge on any atom is 0.367 e. The molecule has 0 spiro atoms. The minimum atomic E-state index is -3.26. The summed E-state index contributed by atoms with van der Waals surface area (Å²) in [5.74, 6) is 0. The first-order valence-corrected chi connectivity index (χ1v) is 6.47. The van der Waals surface area contributed by atoms with Crippen LogP contribution in [0.25, 0.3) is 0 Å². The summed E-state index contributed by atoms with van der Waals surface area (Å²) < 4.78 is 9.12. The van der Waals surface area contributed by atoms with Crippen LogP contribution in [0.5, 0.6) is 0 Å². The number of hydrogen-bond acceptors (Lipinski definition) is 5. The molecule has 0 heterocycles. The molecule has 1 N–H and O–H groups in total. The molecule has 13 heavy (non-hydrogen) atoms. The summed E-state index contributed by atoms with van der Waals surface area (Å²) in [6.07, 6.45) is 0.742. The maximum atomic E-state index is 9.19. The van der Waals surface area contributed by atoms with Crippen molar-refractivity contribution in [3.63, 3.8) is 0 Å². The highest BCUT2D eigenvalue weighted by Gasteiger charge is 2.15. The molecule has 78 valence electrons. The summed E-state index contributed by atoms with van der Waals surface area (Å²) in [7, 11) is 0. The fourth-order valence-electron chi connectivity index (χ4n) is 0.372. The molecule has 5 nitrogen and oxygen atoms in total. The zero-order valence-electron chi connectivity index (χ0n) is 7.89. The van der Waals surface area contributed by atoms with Crippen LogP contribution in [-0.2, 0) is 26.0 Å². The number of hydrogen-bond donors (Lipinski definition) is 1. The largest absolute Gasteiger partial charge is 0.367 e. The van der Waals surface area contributed by atoms with Gasteiger partial charge in [-0.25, -0.2) is 4.99 Å². The van der Waals surface area contributed by atoms with Gasteiger partial charge in [0.15, 0.2) is 0 Å². The molecule has 0 bridgehead atoms. The Balaban J connectivity index is 3.82. The van der Waals surface area contributed by atoms with E-state index in [1.54, 1.807) is 13.8 Å². The normalized spacial score (nSPS) is 16.8. The van der Waals surface area contributed by atoms with E-state index in [1.165, 1.54) is 0 Å². The molecule has 0 saturated carbocycles. The predicted molar refractivity (Wildman–Crippen MR) is 53.7 cm³/mol. The van der Waals surface area contributed by atoms with Crippen molar-refractivity contribution in [2.45, 2.75) is 27.2 Å². The molecule has 0 amide bonds. The Morgan fingerprint density at radius 2 is 2.15 bits per heavy atom. The first kappa shape index (κ1) is 13.0. The zero-order chi connectivity index (χ0) is 10.3. The van der Waals surface area contributed by atoms with E-state index >= 15 is 0 Å². The monoisotopic (exact) mass is 227 g/mol. The van der Waals surface area contributed by atoms with Gasteiger partial charge in [-0.05, 0) is 32.1 Å². The van der Waals surface area contributed by atoms with Crippen molar-refractivity contribution in [2.24, 2.45) is 5.16 Å². The quantitative estimate of drug-likeness (QED) is 0.325. The van der Waals surface area contributed by atoms with Gasteiger partial charge in [0.1, 0.15) is 0 Å². The van der Waals surface area contributed by atoms with Crippen molar-refractivity contribution in [1.82, 2.24) is 0 Å². The van der Waals surface area contributed by atoms with Crippen molar-refractivity contribution < 1.29 is 19.1 Å². The van der Waals surface area contributed by atoms with Gasteiger partial charge < -0.3 is 9.42 Å². The van der Waals surface area contributed by atoms with Gasteiger partial charge in [-0.15, -0.1) is 0 Å². The van der Waals surface area contributed by atoms with Crippen LogP contribution < -0.4 is 0 Å². The van der Waals surface area contributed by atoms with Gasteiger partial charge in [-0.3, -0.25) is 0 Å². The Morgan fingerprint density at radius 3 is 2.62 bits per heavy atom. The van der Waals surface area contributed by atoms with Crippen molar-refractivity contribution in [3.8, 4) is 0 Å². The van der Waals surface area contributed by atoms with E-state index in [1.807, 2.05) is 6.92 Å². The molecular weight excluding hydrogens is 213 g/mol. The molecule has 0 fully saturated rings. The smallest absolute Gasteiger partial charge is 0.322 e. The van der Waals surface area contributed by atoms with Crippen LogP contribution in [0.15, 0.2) is 5.16 Å². The lowest BCUT2D eigenvalue weighted by molar-refractivity contribution is -0.216. The van der Waals surface area contributed by atoms with Crippen molar-refractivity contribution in [3.05, 3.63) is 0 Å². The third-order valence-electron chi connectivity index (χ3n) is 1.12. The van der Waals surface area contributed by atoms with Gasteiger partial charge in [-0.1, -0.05) is 16.8 Å². The van der Waals surface area contributed by atoms with E-state index in [4.69, 9.17) is 4.52 Å². The lowest BCUT2D eigenvalue weighted by atomic mass is 10.3. The van der Waals surface area contributed by atoms with Crippen LogP contribution in [0, 0.1) is 0 Å². The van der Waals surface area contributed by atoms with Crippen molar-refractivity contribution in [2.75, 3.05) is 6.61 Å². The average molecular weight is 227 g/mol. The molecule has 0 aliphatic carbocycles. The number of nitrogens with zero attached hydrogens (tertiary/aromatic N) is 1. The second-order valence-electron chi connectivity index (χ2n) is 2.22. The van der Waals surface area contributed by atoms with E-state index in [9.17, 15) is 4.89 Å². The molecule has 0 aromatic carbocycles. The van der Waals surface area contributed by atoms with Crippen molar-refractivity contribution >= 4 is 24.2 Å². The van der Waals surface area contributed by atoms with Gasteiger partial charge in [0.05, 0.1) is 12.3 Å². The summed E-state index contributed by atoms with van der Waals surface area (Å²) in [6.45, 7) is 2.40. The molecule has 0 radical (unpaired) electrons. The lowest BCUT2D eigenvalue weighted by Gasteiger charge is -2.10. The van der Waals surface area contributed by atoms with Crippen LogP contribution in [0.3, 0.4) is 0 Å². The Morgan fingerprint density at radius 1 is 1.54 bits per heavy atom. The summed E-state index contributed by atoms with van der Waals surface area (Å²) in [5.41, 5.74) is 0.742. The predicted octanol–water partition coefficient (Wildman–Crippen LogP) is 1.97. The van der Waals surface area contributed by atoms with Crippen LogP contribution in [0.1, 0.15) is 27.2 Å². The molecule has 0 aromatic heterocycles. The SMILES string of the molecule is CCOP(O)(=S)OON=C(C)CC. The summed E-state index contributed by atoms with van der Waals surface area (Å²) in [6, 6.07) is 0. The third-order valence-corrected chi connectivity index (χ3v) is 2.46. The van der Waals surface area contributed by atoms with Crippen LogP contribution in [0.2, 0.25) is 0 Å². The Labute approximate surface area is 82.9 Å². The molecule has 7 heteroatoms. The molecule has 0 rings (SSSR count). The molecule has 0 saturated heterocycles. The Bertz CT molecular complexity index is 221. The van der Waals surface area contributed by atoms with E-state index in [2.05, 4.69) is 26.6 Å². The van der Waals surface area contributed by atoms with E-state index in [0.717, 1.165) is 12.1 Å². The minimum absolute atomic E-state index is 0.271. The van der Waals surface area contributed by atoms with Crippen LogP contribution >= 0.6 is 6.72 Å². The van der Waals surface area contributed by atoms with Crippen molar-refractivity contribution in [1.29, 1.82) is 0 Å². The molecule has 0 aliphatic rings. The zero-order valence-corrected chi connectivity index (χ0v) is 9.60. The molecule has 1 unspecified atom stereocenters. The van der Waals surface area contributed by atoms with Gasteiger partial charge in [0, 0.05) is 0 Å². The van der Waals surface area contributed by atoms with Crippen LogP contribution in [0.4, 0.5) is 0 Å². The highest BCUT2D eigenvalue weighted by atomic mass is 32.5. The van der Waals surface area contributed by atoms with Crippen LogP contribution in [-0.4, -0.2) is 17.2 Å². The van der Waals surface area contributed by atoms with Gasteiger partial charge in [0.25, 0.3) is 0 Å². The molecular formula is C6H14NO4PS. The lowest BCUT2D eigenvalue weighted by Crippen LogP contribution is -1.95. The van der Waals surface area contributed by atoms with E-state index in [-0.39, 0.29) is 6.61 Å². The summed E-state index contributed by atoms with van der Waals surface area (Å²) in [4.78, 5) is 13.5. The van der Waals surface area contributed by atoms with E-state index < -0.39 is 6.72 Å². The average Bonchev–Trinajstić information content (AvgIpc) is 2.03. The van der Waals surface area contributed by atoms with Gasteiger partial charge in [0.2, 0.25) is 0 Å². The minimum Gasteiger partial charge on any atom is -0.322 e. The highest BCUT2D eigenvalue weighted by Crippen LogP contribution is 2.43. The van der Waals surface area contributed by atoms with E-state index in [0.29, 0.717) is 0 Å². The van der Waals surface area contributed by atoms with Gasteiger partial charge >= 0.3 is 6.72 Å². The number of rotatable bonds is 6. The second kappa shape index (κ2) is 6.45. The standard InChI is InChI=1S/C6H14NO4PS/c1-4-6(3)7-10-11-12(8,13)9-5-2/h4-5H2,1-3H3,(H,8,13). The fourth-order valence-corrected chi connectivity index (χ4v) is 1.26. The first-order chi connectivity index (χ1) is 6.02. The third kappa shape index (κ3) is 7.10. The Kier molecular flexibility index (Phi) is 6.45.